The second kappa shape index (κ2) is 6.43. The summed E-state index contributed by atoms with van der Waals surface area (Å²) in [4.78, 5) is 15.5. The van der Waals surface area contributed by atoms with Crippen molar-refractivity contribution in [3.05, 3.63) is 23.7 Å². The number of piperidine rings is 1. The van der Waals surface area contributed by atoms with Crippen molar-refractivity contribution in [2.24, 2.45) is 5.41 Å². The molecule has 2 fully saturated rings. The van der Waals surface area contributed by atoms with Crippen LogP contribution in [-0.4, -0.2) is 48.1 Å². The minimum atomic E-state index is -4.43. The van der Waals surface area contributed by atoms with Gasteiger partial charge in [-0.05, 0) is 44.9 Å². The molecule has 1 spiro atoms. The summed E-state index contributed by atoms with van der Waals surface area (Å²) < 4.78 is 42.9. The van der Waals surface area contributed by atoms with Gasteiger partial charge in [-0.15, -0.1) is 0 Å². The van der Waals surface area contributed by atoms with Gasteiger partial charge in [-0.1, -0.05) is 0 Å². The van der Waals surface area contributed by atoms with Gasteiger partial charge in [-0.25, -0.2) is 0 Å². The predicted octanol–water partition coefficient (Wildman–Crippen LogP) is 3.35. The Balaban J connectivity index is 1.59. The number of halogens is 3. The van der Waals surface area contributed by atoms with Crippen LogP contribution in [0.5, 0.6) is 0 Å². The van der Waals surface area contributed by atoms with Gasteiger partial charge in [-0.3, -0.25) is 9.69 Å². The van der Waals surface area contributed by atoms with E-state index < -0.39 is 18.5 Å². The van der Waals surface area contributed by atoms with Gasteiger partial charge in [0.05, 0.1) is 6.54 Å². The van der Waals surface area contributed by atoms with Crippen LogP contribution in [-0.2, 0) is 11.3 Å². The van der Waals surface area contributed by atoms with E-state index in [1.807, 2.05) is 19.1 Å². The van der Waals surface area contributed by atoms with E-state index in [1.54, 1.807) is 0 Å². The molecule has 1 aromatic heterocycles. The fourth-order valence-electron chi connectivity index (χ4n) is 4.00. The van der Waals surface area contributed by atoms with Crippen LogP contribution in [0.25, 0.3) is 0 Å². The van der Waals surface area contributed by atoms with Crippen LogP contribution in [0.15, 0.2) is 16.5 Å². The predicted molar refractivity (Wildman–Crippen MR) is 82.3 cm³/mol. The molecule has 134 valence electrons. The highest BCUT2D eigenvalue weighted by molar-refractivity contribution is 5.77. The van der Waals surface area contributed by atoms with Crippen molar-refractivity contribution in [2.45, 2.75) is 45.3 Å². The van der Waals surface area contributed by atoms with Gasteiger partial charge in [0.15, 0.2) is 0 Å². The molecule has 0 unspecified atom stereocenters. The number of aryl methyl sites for hydroxylation is 1. The number of hydrogen-bond donors (Lipinski definition) is 0. The van der Waals surface area contributed by atoms with Crippen LogP contribution < -0.4 is 0 Å². The molecule has 0 N–H and O–H groups in total. The lowest BCUT2D eigenvalue weighted by Gasteiger charge is -2.40. The third-order valence-corrected chi connectivity index (χ3v) is 5.06. The van der Waals surface area contributed by atoms with Crippen LogP contribution in [0.2, 0.25) is 0 Å². The molecule has 4 nitrogen and oxygen atoms in total. The second-order valence-electron chi connectivity index (χ2n) is 7.18. The van der Waals surface area contributed by atoms with E-state index in [1.165, 1.54) is 4.90 Å². The Labute approximate surface area is 139 Å². The van der Waals surface area contributed by atoms with Crippen LogP contribution in [0.1, 0.15) is 37.2 Å². The highest BCUT2D eigenvalue weighted by Gasteiger charge is 2.44. The number of alkyl halides is 3. The maximum absolute atomic E-state index is 12.4. The van der Waals surface area contributed by atoms with Crippen molar-refractivity contribution in [3.63, 3.8) is 0 Å². The lowest BCUT2D eigenvalue weighted by molar-refractivity contribution is -0.161. The van der Waals surface area contributed by atoms with Crippen molar-refractivity contribution in [1.82, 2.24) is 9.80 Å². The first-order chi connectivity index (χ1) is 11.2. The van der Waals surface area contributed by atoms with E-state index in [2.05, 4.69) is 4.90 Å². The lowest BCUT2D eigenvalue weighted by Crippen LogP contribution is -2.45. The Morgan fingerprint density at radius 2 is 2.04 bits per heavy atom. The molecule has 3 heterocycles. The smallest absolute Gasteiger partial charge is 0.397 e. The first-order valence-corrected chi connectivity index (χ1v) is 8.37. The summed E-state index contributed by atoms with van der Waals surface area (Å²) >= 11 is 0. The number of hydrogen-bond acceptors (Lipinski definition) is 3. The van der Waals surface area contributed by atoms with Gasteiger partial charge in [0.2, 0.25) is 5.91 Å². The largest absolute Gasteiger partial charge is 0.465 e. The summed E-state index contributed by atoms with van der Waals surface area (Å²) in [6.45, 7) is 5.26. The third kappa shape index (κ3) is 4.12. The maximum atomic E-state index is 12.4. The van der Waals surface area contributed by atoms with Gasteiger partial charge < -0.3 is 9.32 Å². The van der Waals surface area contributed by atoms with Crippen molar-refractivity contribution < 1.29 is 22.4 Å². The number of nitrogens with zero attached hydrogens (tertiary/aromatic N) is 2. The van der Waals surface area contributed by atoms with Gasteiger partial charge >= 0.3 is 6.18 Å². The number of amides is 1. The average molecular weight is 344 g/mol. The maximum Gasteiger partial charge on any atom is 0.397 e. The average Bonchev–Trinajstić information content (AvgIpc) is 3.05. The number of carbonyl (C=O) groups excluding carboxylic acids is 1. The molecule has 3 rings (SSSR count). The van der Waals surface area contributed by atoms with Crippen LogP contribution in [0, 0.1) is 12.3 Å². The summed E-state index contributed by atoms with van der Waals surface area (Å²) in [5, 5.41) is 0. The number of rotatable bonds is 3. The van der Waals surface area contributed by atoms with Crippen molar-refractivity contribution >= 4 is 5.91 Å². The molecule has 24 heavy (non-hydrogen) atoms. The standard InChI is InChI=1S/C17H23F3N2O2/c1-13-3-4-14(24-13)10-21-7-2-5-16(11-21)6-8-22(12-16)15(23)9-17(18,19)20/h3-4H,2,5-12H2,1H3/t16-/m0/s1. The molecule has 0 radical (unpaired) electrons. The van der Waals surface area contributed by atoms with E-state index in [0.29, 0.717) is 19.6 Å². The lowest BCUT2D eigenvalue weighted by atomic mass is 9.79. The summed E-state index contributed by atoms with van der Waals surface area (Å²) in [6, 6.07) is 3.90. The number of likely N-dealkylation sites (tertiary alicyclic amines) is 2. The summed E-state index contributed by atoms with van der Waals surface area (Å²) in [7, 11) is 0. The molecule has 7 heteroatoms. The number of furan rings is 1. The number of carbonyl (C=O) groups is 1. The SMILES string of the molecule is Cc1ccc(CN2CCC[C@]3(CCN(C(=O)CC(F)(F)F)C3)C2)o1. The molecule has 0 bridgehead atoms. The molecule has 2 saturated heterocycles. The Hall–Kier alpha value is -1.50. The molecular formula is C17H23F3N2O2. The highest BCUT2D eigenvalue weighted by Crippen LogP contribution is 2.40. The molecule has 2 aliphatic heterocycles. The van der Waals surface area contributed by atoms with Crippen LogP contribution in [0.3, 0.4) is 0 Å². The fraction of sp³-hybridized carbons (Fsp3) is 0.706. The minimum absolute atomic E-state index is 0.0683. The van der Waals surface area contributed by atoms with Gasteiger partial charge in [-0.2, -0.15) is 13.2 Å². The molecule has 1 amide bonds. The van der Waals surface area contributed by atoms with Crippen molar-refractivity contribution in [1.29, 1.82) is 0 Å². The van der Waals surface area contributed by atoms with Crippen LogP contribution >= 0.6 is 0 Å². The molecule has 0 aromatic carbocycles. The van der Waals surface area contributed by atoms with E-state index in [-0.39, 0.29) is 5.41 Å². The zero-order valence-corrected chi connectivity index (χ0v) is 13.9. The topological polar surface area (TPSA) is 36.7 Å². The molecule has 2 aliphatic rings. The normalized spacial score (nSPS) is 25.6. The quantitative estimate of drug-likeness (QED) is 0.844. The molecule has 0 aliphatic carbocycles. The van der Waals surface area contributed by atoms with Crippen LogP contribution in [0.4, 0.5) is 13.2 Å². The fourth-order valence-corrected chi connectivity index (χ4v) is 4.00. The summed E-state index contributed by atoms with van der Waals surface area (Å²) in [5.41, 5.74) is -0.0683. The Morgan fingerprint density at radius 1 is 1.25 bits per heavy atom. The van der Waals surface area contributed by atoms with E-state index in [0.717, 1.165) is 43.9 Å². The van der Waals surface area contributed by atoms with Crippen molar-refractivity contribution in [2.75, 3.05) is 26.2 Å². The summed E-state index contributed by atoms with van der Waals surface area (Å²) in [5.74, 6) is 0.993. The molecule has 1 atom stereocenters. The third-order valence-electron chi connectivity index (χ3n) is 5.06. The van der Waals surface area contributed by atoms with Gasteiger partial charge in [0.25, 0.3) is 0 Å². The van der Waals surface area contributed by atoms with Gasteiger partial charge in [0, 0.05) is 25.0 Å². The monoisotopic (exact) mass is 344 g/mol. The Bertz CT molecular complexity index is 599. The van der Waals surface area contributed by atoms with E-state index in [4.69, 9.17) is 4.42 Å². The first-order valence-electron chi connectivity index (χ1n) is 8.37. The molecule has 0 saturated carbocycles. The van der Waals surface area contributed by atoms with Crippen molar-refractivity contribution in [3.8, 4) is 0 Å². The van der Waals surface area contributed by atoms with E-state index >= 15 is 0 Å². The second-order valence-corrected chi connectivity index (χ2v) is 7.18. The Morgan fingerprint density at radius 3 is 2.71 bits per heavy atom. The minimum Gasteiger partial charge on any atom is -0.465 e. The first kappa shape index (κ1) is 17.3. The van der Waals surface area contributed by atoms with Gasteiger partial charge in [0.1, 0.15) is 17.9 Å². The zero-order chi connectivity index (χ0) is 17.4. The highest BCUT2D eigenvalue weighted by atomic mass is 19.4. The summed E-state index contributed by atoms with van der Waals surface area (Å²) in [6.07, 6.45) is -3.02. The Kier molecular flexibility index (Phi) is 4.64. The van der Waals surface area contributed by atoms with E-state index in [9.17, 15) is 18.0 Å². The zero-order valence-electron chi connectivity index (χ0n) is 13.9. The molecular weight excluding hydrogens is 321 g/mol. The molecule has 1 aromatic rings.